The van der Waals surface area contributed by atoms with Crippen LogP contribution in [0.2, 0.25) is 0 Å². The molecule has 0 aliphatic heterocycles. The molecule has 2 N–H and O–H groups in total. The Morgan fingerprint density at radius 1 is 1.29 bits per heavy atom. The fourth-order valence-electron chi connectivity index (χ4n) is 0.821. The molecule has 4 nitrogen and oxygen atoms in total. The highest BCUT2D eigenvalue weighted by atomic mass is 32.2. The van der Waals surface area contributed by atoms with Crippen LogP contribution in [0.3, 0.4) is 0 Å². The van der Waals surface area contributed by atoms with Crippen molar-refractivity contribution in [1.82, 2.24) is 0 Å². The number of rotatable bonds is 6. The van der Waals surface area contributed by atoms with Crippen molar-refractivity contribution in [3.63, 3.8) is 0 Å². The lowest BCUT2D eigenvalue weighted by molar-refractivity contribution is 0.588. The molecule has 2 atom stereocenters. The molecule has 0 aromatic rings. The van der Waals surface area contributed by atoms with E-state index in [1.165, 1.54) is 0 Å². The first-order valence-electron chi connectivity index (χ1n) is 4.58. The highest BCUT2D eigenvalue weighted by molar-refractivity contribution is 7.93. The Morgan fingerprint density at radius 3 is 2.14 bits per heavy atom. The van der Waals surface area contributed by atoms with Gasteiger partial charge in [0.15, 0.2) is 9.84 Å². The minimum atomic E-state index is -3.06. The van der Waals surface area contributed by atoms with E-state index in [1.54, 1.807) is 20.8 Å². The Labute approximate surface area is 88.6 Å². The number of nitrogens with two attached hydrogens (primary N) is 1. The number of hydrogen-bond donors (Lipinski definition) is 1. The molecule has 0 aromatic carbocycles. The van der Waals surface area contributed by atoms with E-state index < -0.39 is 25.9 Å². The van der Waals surface area contributed by atoms with Gasteiger partial charge in [-0.3, -0.25) is 4.21 Å². The zero-order valence-electron chi connectivity index (χ0n) is 8.89. The van der Waals surface area contributed by atoms with Gasteiger partial charge in [0.1, 0.15) is 0 Å². The Balaban J connectivity index is 4.01. The molecule has 0 aliphatic carbocycles. The molecule has 0 amide bonds. The number of sulfone groups is 1. The second kappa shape index (κ2) is 5.82. The molecule has 86 valence electrons. The van der Waals surface area contributed by atoms with E-state index in [2.05, 4.69) is 0 Å². The van der Waals surface area contributed by atoms with E-state index in [-0.39, 0.29) is 17.5 Å². The third kappa shape index (κ3) is 5.72. The third-order valence-electron chi connectivity index (χ3n) is 1.76. The summed E-state index contributed by atoms with van der Waals surface area (Å²) in [5.74, 6) is 0.555. The molecule has 0 saturated carbocycles. The molecule has 0 aromatic heterocycles. The summed E-state index contributed by atoms with van der Waals surface area (Å²) in [7, 11) is -4.18. The van der Waals surface area contributed by atoms with Gasteiger partial charge in [-0.2, -0.15) is 0 Å². The van der Waals surface area contributed by atoms with Crippen LogP contribution in [0.4, 0.5) is 0 Å². The lowest BCUT2D eigenvalue weighted by Gasteiger charge is -2.08. The van der Waals surface area contributed by atoms with E-state index >= 15 is 0 Å². The molecule has 0 rings (SSSR count). The smallest absolute Gasteiger partial charge is 0.153 e. The average molecular weight is 241 g/mol. The maximum Gasteiger partial charge on any atom is 0.153 e. The van der Waals surface area contributed by atoms with Gasteiger partial charge in [-0.15, -0.1) is 0 Å². The molecular formula is C8H19NO3S2. The van der Waals surface area contributed by atoms with Crippen LogP contribution in [0.5, 0.6) is 0 Å². The van der Waals surface area contributed by atoms with Crippen molar-refractivity contribution in [2.45, 2.75) is 32.1 Å². The summed E-state index contributed by atoms with van der Waals surface area (Å²) in [6.07, 6.45) is 0. The maximum absolute atomic E-state index is 11.4. The Morgan fingerprint density at radius 2 is 1.79 bits per heavy atom. The maximum atomic E-state index is 11.4. The minimum Gasteiger partial charge on any atom is -0.327 e. The first kappa shape index (κ1) is 14.1. The van der Waals surface area contributed by atoms with Crippen molar-refractivity contribution >= 4 is 20.6 Å². The summed E-state index contributed by atoms with van der Waals surface area (Å²) >= 11 is 0. The largest absolute Gasteiger partial charge is 0.327 e. The van der Waals surface area contributed by atoms with Crippen molar-refractivity contribution in [2.75, 3.05) is 17.3 Å². The predicted octanol–water partition coefficient (Wildman–Crippen LogP) is -0.0945. The molecular weight excluding hydrogens is 222 g/mol. The van der Waals surface area contributed by atoms with Gasteiger partial charge in [0.2, 0.25) is 0 Å². The van der Waals surface area contributed by atoms with Gasteiger partial charge >= 0.3 is 0 Å². The quantitative estimate of drug-likeness (QED) is 0.705. The monoisotopic (exact) mass is 241 g/mol. The fourth-order valence-corrected chi connectivity index (χ4v) is 3.72. The van der Waals surface area contributed by atoms with E-state index in [1.807, 2.05) is 0 Å². The summed E-state index contributed by atoms with van der Waals surface area (Å²) in [5.41, 5.74) is 5.45. The van der Waals surface area contributed by atoms with Crippen molar-refractivity contribution in [3.05, 3.63) is 0 Å². The summed E-state index contributed by atoms with van der Waals surface area (Å²) in [4.78, 5) is 0. The molecule has 0 heterocycles. The minimum absolute atomic E-state index is 0.00992. The molecule has 0 spiro atoms. The lowest BCUT2D eigenvalue weighted by Crippen LogP contribution is -2.27. The van der Waals surface area contributed by atoms with E-state index in [4.69, 9.17) is 5.73 Å². The van der Waals surface area contributed by atoms with Crippen LogP contribution in [0.15, 0.2) is 0 Å². The first-order chi connectivity index (χ1) is 6.25. The van der Waals surface area contributed by atoms with Crippen LogP contribution in [0.1, 0.15) is 20.8 Å². The molecule has 2 unspecified atom stereocenters. The van der Waals surface area contributed by atoms with Crippen LogP contribution in [0.25, 0.3) is 0 Å². The number of hydrogen-bond acceptors (Lipinski definition) is 4. The molecule has 0 aliphatic rings. The van der Waals surface area contributed by atoms with Gasteiger partial charge in [-0.25, -0.2) is 8.42 Å². The van der Waals surface area contributed by atoms with Crippen LogP contribution < -0.4 is 5.73 Å². The molecule has 0 radical (unpaired) electrons. The Kier molecular flexibility index (Phi) is 5.85. The first-order valence-corrected chi connectivity index (χ1v) is 7.78. The predicted molar refractivity (Wildman–Crippen MR) is 60.4 cm³/mol. The van der Waals surface area contributed by atoms with E-state index in [0.29, 0.717) is 5.75 Å². The third-order valence-corrected chi connectivity index (χ3v) is 5.79. The summed E-state index contributed by atoms with van der Waals surface area (Å²) in [6, 6.07) is -0.141. The van der Waals surface area contributed by atoms with Crippen molar-refractivity contribution in [3.8, 4) is 0 Å². The molecule has 14 heavy (non-hydrogen) atoms. The topological polar surface area (TPSA) is 77.2 Å². The summed E-state index contributed by atoms with van der Waals surface area (Å²) in [5, 5.41) is -0.394. The van der Waals surface area contributed by atoms with Gasteiger partial charge in [-0.05, 0) is 20.8 Å². The van der Waals surface area contributed by atoms with Crippen molar-refractivity contribution in [1.29, 1.82) is 0 Å². The fraction of sp³-hybridized carbons (Fsp3) is 1.00. The molecule has 0 fully saturated rings. The van der Waals surface area contributed by atoms with Crippen LogP contribution in [0, 0.1) is 0 Å². The lowest BCUT2D eigenvalue weighted by atomic mass is 10.4. The SMILES string of the molecule is CC(N)CS(=O)CCS(=O)(=O)C(C)C. The van der Waals surface area contributed by atoms with Gasteiger partial charge in [0, 0.05) is 28.3 Å². The summed E-state index contributed by atoms with van der Waals surface area (Å²) in [6.45, 7) is 5.02. The average Bonchev–Trinajstić information content (AvgIpc) is 1.99. The van der Waals surface area contributed by atoms with Gasteiger partial charge in [-0.1, -0.05) is 0 Å². The zero-order valence-corrected chi connectivity index (χ0v) is 10.5. The normalized spacial score (nSPS) is 16.9. The second-order valence-corrected chi connectivity index (χ2v) is 8.00. The van der Waals surface area contributed by atoms with Crippen molar-refractivity contribution < 1.29 is 12.6 Å². The van der Waals surface area contributed by atoms with Crippen LogP contribution >= 0.6 is 0 Å². The zero-order chi connectivity index (χ0) is 11.4. The molecule has 0 saturated heterocycles. The van der Waals surface area contributed by atoms with E-state index in [0.717, 1.165) is 0 Å². The van der Waals surface area contributed by atoms with E-state index in [9.17, 15) is 12.6 Å². The molecule has 6 heteroatoms. The second-order valence-electron chi connectivity index (χ2n) is 3.70. The van der Waals surface area contributed by atoms with Gasteiger partial charge in [0.25, 0.3) is 0 Å². The van der Waals surface area contributed by atoms with Crippen LogP contribution in [-0.2, 0) is 20.6 Å². The summed E-state index contributed by atoms with van der Waals surface area (Å²) < 4.78 is 34.0. The van der Waals surface area contributed by atoms with Crippen LogP contribution in [-0.4, -0.2) is 41.2 Å². The Hall–Kier alpha value is 0.0600. The Bertz CT molecular complexity index is 283. The molecule has 0 bridgehead atoms. The highest BCUT2D eigenvalue weighted by Gasteiger charge is 2.17. The standard InChI is InChI=1S/C8H19NO3S2/c1-7(2)14(11,12)5-4-13(10)6-8(3)9/h7-8H,4-6,9H2,1-3H3. The van der Waals surface area contributed by atoms with Crippen molar-refractivity contribution in [2.24, 2.45) is 5.73 Å². The van der Waals surface area contributed by atoms with Gasteiger partial charge in [0.05, 0.1) is 11.0 Å². The van der Waals surface area contributed by atoms with Gasteiger partial charge < -0.3 is 5.73 Å². The highest BCUT2D eigenvalue weighted by Crippen LogP contribution is 2.01.